The standard InChI is InChI=1S/C14H16FNO3S/c1-2-10-9-13(10)16-20(18,19)14-6-5-12(15)8-11(14)4-3-7-17/h5-6,8,10,13,16-17H,2,7,9H2,1H3. The number of nitrogens with one attached hydrogen (secondary N) is 1. The molecule has 4 nitrogen and oxygen atoms in total. The molecule has 0 saturated heterocycles. The molecule has 1 fully saturated rings. The van der Waals surface area contributed by atoms with Crippen molar-refractivity contribution in [1.82, 2.24) is 4.72 Å². The van der Waals surface area contributed by atoms with E-state index in [9.17, 15) is 12.8 Å². The molecule has 0 bridgehead atoms. The lowest BCUT2D eigenvalue weighted by Crippen LogP contribution is -2.27. The number of aliphatic hydroxyl groups is 1. The first-order valence-corrected chi connectivity index (χ1v) is 7.88. The zero-order chi connectivity index (χ0) is 14.8. The number of halogens is 1. The quantitative estimate of drug-likeness (QED) is 0.822. The van der Waals surface area contributed by atoms with Crippen molar-refractivity contribution < 1.29 is 17.9 Å². The summed E-state index contributed by atoms with van der Waals surface area (Å²) in [6.45, 7) is 1.60. The summed E-state index contributed by atoms with van der Waals surface area (Å²) < 4.78 is 40.4. The molecule has 2 rings (SSSR count). The highest BCUT2D eigenvalue weighted by atomic mass is 32.2. The van der Waals surface area contributed by atoms with E-state index in [0.29, 0.717) is 5.92 Å². The molecule has 1 saturated carbocycles. The summed E-state index contributed by atoms with van der Waals surface area (Å²) in [6.07, 6.45) is 1.75. The van der Waals surface area contributed by atoms with Gasteiger partial charge in [-0.25, -0.2) is 17.5 Å². The molecule has 20 heavy (non-hydrogen) atoms. The van der Waals surface area contributed by atoms with Crippen LogP contribution >= 0.6 is 0 Å². The number of aliphatic hydroxyl groups excluding tert-OH is 1. The minimum Gasteiger partial charge on any atom is -0.384 e. The largest absolute Gasteiger partial charge is 0.384 e. The van der Waals surface area contributed by atoms with E-state index in [1.165, 1.54) is 6.07 Å². The lowest BCUT2D eigenvalue weighted by molar-refractivity contribution is 0.350. The first-order valence-electron chi connectivity index (χ1n) is 6.39. The number of sulfonamides is 1. The average Bonchev–Trinajstić information content (AvgIpc) is 3.13. The molecule has 1 aromatic rings. The summed E-state index contributed by atoms with van der Waals surface area (Å²) in [5.74, 6) is 4.62. The minimum atomic E-state index is -3.72. The van der Waals surface area contributed by atoms with Gasteiger partial charge in [0.25, 0.3) is 0 Å². The van der Waals surface area contributed by atoms with Gasteiger partial charge in [-0.05, 0) is 30.5 Å². The smallest absolute Gasteiger partial charge is 0.242 e. The second-order valence-electron chi connectivity index (χ2n) is 4.73. The van der Waals surface area contributed by atoms with Crippen molar-refractivity contribution in [1.29, 1.82) is 0 Å². The molecule has 2 N–H and O–H groups in total. The summed E-state index contributed by atoms with van der Waals surface area (Å²) in [4.78, 5) is -0.0541. The molecule has 0 radical (unpaired) electrons. The van der Waals surface area contributed by atoms with E-state index in [1.54, 1.807) is 0 Å². The molecule has 0 amide bonds. The van der Waals surface area contributed by atoms with E-state index >= 15 is 0 Å². The van der Waals surface area contributed by atoms with Gasteiger partial charge in [0.15, 0.2) is 0 Å². The minimum absolute atomic E-state index is 0.0475. The Morgan fingerprint density at radius 2 is 2.25 bits per heavy atom. The van der Waals surface area contributed by atoms with Crippen LogP contribution in [0.2, 0.25) is 0 Å². The highest BCUT2D eigenvalue weighted by molar-refractivity contribution is 7.89. The van der Waals surface area contributed by atoms with Crippen molar-refractivity contribution in [3.8, 4) is 11.8 Å². The average molecular weight is 297 g/mol. The first kappa shape index (κ1) is 15.0. The van der Waals surface area contributed by atoms with Gasteiger partial charge in [-0.15, -0.1) is 0 Å². The van der Waals surface area contributed by atoms with E-state index in [1.807, 2.05) is 6.92 Å². The summed E-state index contributed by atoms with van der Waals surface area (Å²) in [6, 6.07) is 3.29. The maximum absolute atomic E-state index is 13.2. The molecule has 0 aromatic heterocycles. The molecule has 1 aliphatic rings. The monoisotopic (exact) mass is 297 g/mol. The first-order chi connectivity index (χ1) is 9.47. The Morgan fingerprint density at radius 1 is 1.50 bits per heavy atom. The van der Waals surface area contributed by atoms with Crippen molar-refractivity contribution in [3.63, 3.8) is 0 Å². The van der Waals surface area contributed by atoms with Crippen LogP contribution < -0.4 is 4.72 Å². The zero-order valence-corrected chi connectivity index (χ0v) is 11.9. The van der Waals surface area contributed by atoms with Crippen LogP contribution in [0.25, 0.3) is 0 Å². The van der Waals surface area contributed by atoms with Crippen LogP contribution in [0.3, 0.4) is 0 Å². The van der Waals surface area contributed by atoms with Crippen LogP contribution in [-0.4, -0.2) is 26.2 Å². The Balaban J connectivity index is 2.31. The Hall–Kier alpha value is -1.42. The SMILES string of the molecule is CCC1CC1NS(=O)(=O)c1ccc(F)cc1C#CCO. The molecule has 1 aliphatic carbocycles. The molecular weight excluding hydrogens is 281 g/mol. The van der Waals surface area contributed by atoms with E-state index < -0.39 is 22.4 Å². The van der Waals surface area contributed by atoms with Crippen molar-refractivity contribution in [2.75, 3.05) is 6.61 Å². The number of rotatable bonds is 4. The fourth-order valence-electron chi connectivity index (χ4n) is 2.07. The number of benzene rings is 1. The van der Waals surface area contributed by atoms with Gasteiger partial charge in [0.2, 0.25) is 10.0 Å². The van der Waals surface area contributed by atoms with Crippen LogP contribution in [0.4, 0.5) is 4.39 Å². The van der Waals surface area contributed by atoms with Gasteiger partial charge in [0, 0.05) is 11.6 Å². The predicted molar refractivity (Wildman–Crippen MR) is 72.9 cm³/mol. The molecule has 2 unspecified atom stereocenters. The molecule has 1 aromatic carbocycles. The third kappa shape index (κ3) is 3.37. The summed E-state index contributed by atoms with van der Waals surface area (Å²) in [5.41, 5.74) is 0.0558. The Morgan fingerprint density at radius 3 is 2.85 bits per heavy atom. The Bertz CT molecular complexity index is 661. The van der Waals surface area contributed by atoms with Crippen LogP contribution in [-0.2, 0) is 10.0 Å². The summed E-state index contributed by atoms with van der Waals surface area (Å²) in [5, 5.41) is 8.68. The van der Waals surface area contributed by atoms with Gasteiger partial charge in [-0.1, -0.05) is 25.2 Å². The van der Waals surface area contributed by atoms with E-state index in [2.05, 4.69) is 16.6 Å². The second kappa shape index (κ2) is 5.92. The summed E-state index contributed by atoms with van der Waals surface area (Å²) >= 11 is 0. The second-order valence-corrected chi connectivity index (χ2v) is 6.41. The molecule has 6 heteroatoms. The molecule has 2 atom stereocenters. The zero-order valence-electron chi connectivity index (χ0n) is 11.1. The Kier molecular flexibility index (Phi) is 4.43. The predicted octanol–water partition coefficient (Wildman–Crippen LogP) is 1.25. The highest BCUT2D eigenvalue weighted by Gasteiger charge is 2.39. The van der Waals surface area contributed by atoms with Crippen molar-refractivity contribution in [3.05, 3.63) is 29.6 Å². The van der Waals surface area contributed by atoms with Gasteiger partial charge < -0.3 is 5.11 Å². The molecule has 108 valence electrons. The van der Waals surface area contributed by atoms with Crippen LogP contribution in [0.15, 0.2) is 23.1 Å². The van der Waals surface area contributed by atoms with Crippen molar-refractivity contribution >= 4 is 10.0 Å². The highest BCUT2D eigenvalue weighted by Crippen LogP contribution is 2.34. The van der Waals surface area contributed by atoms with Gasteiger partial charge in [0.1, 0.15) is 12.4 Å². The van der Waals surface area contributed by atoms with Crippen molar-refractivity contribution in [2.24, 2.45) is 5.92 Å². The van der Waals surface area contributed by atoms with Gasteiger partial charge >= 0.3 is 0 Å². The molecule has 0 aliphatic heterocycles. The summed E-state index contributed by atoms with van der Waals surface area (Å²) in [7, 11) is -3.72. The molecule has 0 heterocycles. The lowest BCUT2D eigenvalue weighted by atomic mass is 10.2. The van der Waals surface area contributed by atoms with Gasteiger partial charge in [-0.2, -0.15) is 0 Å². The van der Waals surface area contributed by atoms with E-state index in [-0.39, 0.29) is 16.5 Å². The lowest BCUT2D eigenvalue weighted by Gasteiger charge is -2.08. The maximum atomic E-state index is 13.2. The van der Waals surface area contributed by atoms with Crippen LogP contribution in [0, 0.1) is 23.6 Å². The molecule has 0 spiro atoms. The fourth-order valence-corrected chi connectivity index (χ4v) is 3.54. The van der Waals surface area contributed by atoms with Crippen LogP contribution in [0.5, 0.6) is 0 Å². The van der Waals surface area contributed by atoms with Gasteiger partial charge in [-0.3, -0.25) is 0 Å². The molecular formula is C14H16FNO3S. The fraction of sp³-hybridized carbons (Fsp3) is 0.429. The van der Waals surface area contributed by atoms with E-state index in [0.717, 1.165) is 25.0 Å². The third-order valence-corrected chi connectivity index (χ3v) is 4.83. The van der Waals surface area contributed by atoms with Crippen molar-refractivity contribution in [2.45, 2.75) is 30.7 Å². The third-order valence-electron chi connectivity index (χ3n) is 3.29. The number of hydrogen-bond donors (Lipinski definition) is 2. The normalized spacial score (nSPS) is 21.1. The maximum Gasteiger partial charge on any atom is 0.242 e. The topological polar surface area (TPSA) is 66.4 Å². The van der Waals surface area contributed by atoms with Gasteiger partial charge in [0.05, 0.1) is 4.90 Å². The number of hydrogen-bond acceptors (Lipinski definition) is 3. The van der Waals surface area contributed by atoms with E-state index in [4.69, 9.17) is 5.11 Å². The van der Waals surface area contributed by atoms with Crippen LogP contribution in [0.1, 0.15) is 25.3 Å². The Labute approximate surface area is 118 Å².